The fourth-order valence-electron chi connectivity index (χ4n) is 1.47. The van der Waals surface area contributed by atoms with E-state index in [-0.39, 0.29) is 12.6 Å². The van der Waals surface area contributed by atoms with Crippen molar-refractivity contribution in [2.75, 3.05) is 23.9 Å². The van der Waals surface area contributed by atoms with Crippen LogP contribution < -0.4 is 0 Å². The highest BCUT2D eigenvalue weighted by Gasteiger charge is 2.01. The number of thioether (sulfide) groups is 1. The van der Waals surface area contributed by atoms with E-state index < -0.39 is 0 Å². The molecule has 0 spiro atoms. The zero-order valence-corrected chi connectivity index (χ0v) is 12.7. The van der Waals surface area contributed by atoms with Crippen LogP contribution in [0.1, 0.15) is 44.9 Å². The summed E-state index contributed by atoms with van der Waals surface area (Å²) in [5.41, 5.74) is 0. The first kappa shape index (κ1) is 17.7. The van der Waals surface area contributed by atoms with Crippen LogP contribution in [0.5, 0.6) is 0 Å². The summed E-state index contributed by atoms with van der Waals surface area (Å²) in [7, 11) is 0. The Morgan fingerprint density at radius 3 is 2.44 bits per heavy atom. The van der Waals surface area contributed by atoms with Crippen molar-refractivity contribution in [3.63, 3.8) is 0 Å². The lowest BCUT2D eigenvalue weighted by atomic mass is 10.1. The predicted octanol–water partition coefficient (Wildman–Crippen LogP) is 3.56. The second kappa shape index (κ2) is 14.8. The van der Waals surface area contributed by atoms with Gasteiger partial charge in [0.2, 0.25) is 0 Å². The molecule has 0 aliphatic carbocycles. The van der Waals surface area contributed by atoms with E-state index in [1.165, 1.54) is 38.5 Å². The van der Waals surface area contributed by atoms with Gasteiger partial charge < -0.3 is 4.74 Å². The van der Waals surface area contributed by atoms with Gasteiger partial charge in [-0.05, 0) is 24.3 Å². The number of hydrogen-bond acceptors (Lipinski definition) is 4. The average Bonchev–Trinajstić information content (AvgIpc) is 2.38. The van der Waals surface area contributed by atoms with E-state index in [1.54, 1.807) is 0 Å². The molecule has 0 radical (unpaired) electrons. The third-order valence-electron chi connectivity index (χ3n) is 2.46. The van der Waals surface area contributed by atoms with E-state index in [2.05, 4.69) is 18.5 Å². The van der Waals surface area contributed by atoms with Gasteiger partial charge in [-0.2, -0.15) is 24.4 Å². The number of carbonyl (C=O) groups is 1. The standard InChI is InChI=1S/C14H24O2S2/c1-2-10-16-14(15)9-13-18-12-8-6-4-3-5-7-11-17/h1,17H,3-13H2. The molecule has 0 N–H and O–H groups in total. The maximum atomic E-state index is 11.1. The topological polar surface area (TPSA) is 26.3 Å². The summed E-state index contributed by atoms with van der Waals surface area (Å²) in [6, 6.07) is 0. The minimum Gasteiger partial charge on any atom is -0.452 e. The number of hydrogen-bond donors (Lipinski definition) is 1. The van der Waals surface area contributed by atoms with Crippen molar-refractivity contribution in [1.82, 2.24) is 0 Å². The summed E-state index contributed by atoms with van der Waals surface area (Å²) in [6.45, 7) is 0.0930. The Morgan fingerprint density at radius 2 is 1.78 bits per heavy atom. The van der Waals surface area contributed by atoms with Crippen LogP contribution in [0.2, 0.25) is 0 Å². The highest BCUT2D eigenvalue weighted by Crippen LogP contribution is 2.11. The first-order valence-corrected chi connectivity index (χ1v) is 8.37. The molecule has 0 aromatic carbocycles. The summed E-state index contributed by atoms with van der Waals surface area (Å²) in [4.78, 5) is 11.1. The van der Waals surface area contributed by atoms with Gasteiger partial charge in [0.25, 0.3) is 0 Å². The minimum atomic E-state index is -0.188. The van der Waals surface area contributed by atoms with Crippen molar-refractivity contribution < 1.29 is 9.53 Å². The first-order chi connectivity index (χ1) is 8.81. The maximum absolute atomic E-state index is 11.1. The van der Waals surface area contributed by atoms with E-state index in [1.807, 2.05) is 11.8 Å². The number of carbonyl (C=O) groups excluding carboxylic acids is 1. The van der Waals surface area contributed by atoms with Gasteiger partial charge in [0, 0.05) is 5.75 Å². The van der Waals surface area contributed by atoms with Crippen LogP contribution in [0.3, 0.4) is 0 Å². The third-order valence-corrected chi connectivity index (χ3v) is 3.85. The van der Waals surface area contributed by atoms with E-state index in [0.29, 0.717) is 6.42 Å². The first-order valence-electron chi connectivity index (χ1n) is 6.59. The largest absolute Gasteiger partial charge is 0.452 e. The molecule has 0 saturated carbocycles. The van der Waals surface area contributed by atoms with Crippen LogP contribution in [0.15, 0.2) is 0 Å². The number of esters is 1. The molecule has 0 amide bonds. The summed E-state index contributed by atoms with van der Waals surface area (Å²) >= 11 is 6.01. The maximum Gasteiger partial charge on any atom is 0.307 e. The van der Waals surface area contributed by atoms with Gasteiger partial charge in [-0.1, -0.05) is 31.6 Å². The molecule has 0 fully saturated rings. The molecule has 2 nitrogen and oxygen atoms in total. The molecule has 0 rings (SSSR count). The molecule has 0 unspecified atom stereocenters. The monoisotopic (exact) mass is 288 g/mol. The van der Waals surface area contributed by atoms with Crippen LogP contribution in [0.4, 0.5) is 0 Å². The molecule has 0 heterocycles. The number of rotatable bonds is 12. The average molecular weight is 288 g/mol. The fourth-order valence-corrected chi connectivity index (χ4v) is 2.62. The van der Waals surface area contributed by atoms with Crippen LogP contribution in [0, 0.1) is 12.3 Å². The van der Waals surface area contributed by atoms with Crippen LogP contribution in [-0.2, 0) is 9.53 Å². The summed E-state index contributed by atoms with van der Waals surface area (Å²) in [6.07, 6.45) is 13.2. The SMILES string of the molecule is C#CCOC(=O)CCSCCCCCCCCS. The molecule has 18 heavy (non-hydrogen) atoms. The molecular formula is C14H24O2S2. The lowest BCUT2D eigenvalue weighted by molar-refractivity contribution is -0.141. The Hall–Kier alpha value is -0.270. The van der Waals surface area contributed by atoms with E-state index in [4.69, 9.17) is 11.2 Å². The van der Waals surface area contributed by atoms with E-state index in [9.17, 15) is 4.79 Å². The molecule has 0 aliphatic rings. The summed E-state index contributed by atoms with van der Waals surface area (Å²) in [5, 5.41) is 0. The van der Waals surface area contributed by atoms with Crippen LogP contribution in [0.25, 0.3) is 0 Å². The van der Waals surface area contributed by atoms with Crippen molar-refractivity contribution in [2.45, 2.75) is 44.9 Å². The van der Waals surface area contributed by atoms with Gasteiger partial charge >= 0.3 is 5.97 Å². The quantitative estimate of drug-likeness (QED) is 0.257. The molecule has 4 heteroatoms. The van der Waals surface area contributed by atoms with Crippen molar-refractivity contribution in [3.05, 3.63) is 0 Å². The van der Waals surface area contributed by atoms with Crippen molar-refractivity contribution >= 4 is 30.4 Å². The van der Waals surface area contributed by atoms with Crippen LogP contribution in [-0.4, -0.2) is 29.8 Å². The molecule has 0 aliphatic heterocycles. The Kier molecular flexibility index (Phi) is 14.6. The van der Waals surface area contributed by atoms with Gasteiger partial charge in [0.15, 0.2) is 6.61 Å². The minimum absolute atomic E-state index is 0.0930. The van der Waals surface area contributed by atoms with E-state index in [0.717, 1.165) is 17.3 Å². The lowest BCUT2D eigenvalue weighted by Crippen LogP contribution is -2.05. The molecule has 0 aromatic rings. The van der Waals surface area contributed by atoms with Crippen molar-refractivity contribution in [1.29, 1.82) is 0 Å². The summed E-state index contributed by atoms with van der Waals surface area (Å²) in [5.74, 6) is 5.07. The van der Waals surface area contributed by atoms with Gasteiger partial charge in [-0.15, -0.1) is 6.42 Å². The van der Waals surface area contributed by atoms with Gasteiger partial charge in [-0.3, -0.25) is 4.79 Å². The molecule has 104 valence electrons. The van der Waals surface area contributed by atoms with Gasteiger partial charge in [0.05, 0.1) is 6.42 Å². The second-order valence-corrected chi connectivity index (χ2v) is 5.74. The molecule has 0 bridgehead atoms. The molecule has 0 saturated heterocycles. The normalized spacial score (nSPS) is 10.0. The van der Waals surface area contributed by atoms with Crippen molar-refractivity contribution in [2.24, 2.45) is 0 Å². The third kappa shape index (κ3) is 13.8. The lowest BCUT2D eigenvalue weighted by Gasteiger charge is -2.02. The van der Waals surface area contributed by atoms with E-state index >= 15 is 0 Å². The van der Waals surface area contributed by atoms with Crippen LogP contribution >= 0.6 is 24.4 Å². The van der Waals surface area contributed by atoms with Gasteiger partial charge in [0.1, 0.15) is 0 Å². The predicted molar refractivity (Wildman–Crippen MR) is 83.3 cm³/mol. The number of unbranched alkanes of at least 4 members (excludes halogenated alkanes) is 5. The number of terminal acetylenes is 1. The number of thiol groups is 1. The molecular weight excluding hydrogens is 264 g/mol. The Balaban J connectivity index is 3.07. The molecule has 0 aromatic heterocycles. The zero-order valence-electron chi connectivity index (χ0n) is 11.0. The Bertz CT molecular complexity index is 236. The highest BCUT2D eigenvalue weighted by atomic mass is 32.2. The Morgan fingerprint density at radius 1 is 1.11 bits per heavy atom. The molecule has 0 atom stereocenters. The van der Waals surface area contributed by atoms with Gasteiger partial charge in [-0.25, -0.2) is 0 Å². The zero-order chi connectivity index (χ0) is 13.5. The number of ether oxygens (including phenoxy) is 1. The smallest absolute Gasteiger partial charge is 0.307 e. The van der Waals surface area contributed by atoms with Crippen molar-refractivity contribution in [3.8, 4) is 12.3 Å². The second-order valence-electron chi connectivity index (χ2n) is 4.07. The Labute approximate surface area is 121 Å². The highest BCUT2D eigenvalue weighted by molar-refractivity contribution is 7.99. The fraction of sp³-hybridized carbons (Fsp3) is 0.786. The summed E-state index contributed by atoms with van der Waals surface area (Å²) < 4.78 is 4.78.